The average Bonchev–Trinajstić information content (AvgIpc) is 2.86. The van der Waals surface area contributed by atoms with Crippen molar-refractivity contribution in [1.82, 2.24) is 10.2 Å². The van der Waals surface area contributed by atoms with Crippen LogP contribution < -0.4 is 15.4 Å². The average molecular weight is 554 g/mol. The highest BCUT2D eigenvalue weighted by atomic mass is 16.6. The van der Waals surface area contributed by atoms with Gasteiger partial charge < -0.3 is 25.0 Å². The zero-order valence-corrected chi connectivity index (χ0v) is 25.6. The third-order valence-corrected chi connectivity index (χ3v) is 6.50. The van der Waals surface area contributed by atoms with Crippen LogP contribution in [0.15, 0.2) is 42.5 Å². The number of nitrogens with one attached hydrogen (secondary N) is 2. The number of benzene rings is 2. The van der Waals surface area contributed by atoms with E-state index in [0.717, 1.165) is 17.5 Å². The van der Waals surface area contributed by atoms with Gasteiger partial charge in [0.15, 0.2) is 0 Å². The summed E-state index contributed by atoms with van der Waals surface area (Å²) in [5.74, 6) is 0.137. The van der Waals surface area contributed by atoms with Crippen molar-refractivity contribution in [3.05, 3.63) is 59.2 Å². The maximum Gasteiger partial charge on any atom is 0.408 e. The number of carbonyl (C=O) groups excluding carboxylic acids is 3. The number of hydrogen-bond donors (Lipinski definition) is 2. The fourth-order valence-electron chi connectivity index (χ4n) is 4.33. The fraction of sp³-hybridized carbons (Fsp3) is 0.531. The number of unbranched alkanes of at least 4 members (excludes halogenated alkanes) is 1. The van der Waals surface area contributed by atoms with Gasteiger partial charge in [-0.05, 0) is 94.3 Å². The number of ether oxygens (including phenoxy) is 2. The first kappa shape index (κ1) is 32.7. The zero-order valence-electron chi connectivity index (χ0n) is 25.6. The standard InChI is InChI=1S/C32H47N3O5/c1-10-11-18-35(30(37)27(19-21(2)3)34-31(38)40-32(6,7)8)28(24-13-12-22(4)23(5)20-24)29(36)33-25-14-16-26(39-9)17-15-25/h12-17,20-21,27-28H,10-11,18-19H2,1-9H3,(H,33,36)(H,34,38). The summed E-state index contributed by atoms with van der Waals surface area (Å²) >= 11 is 0. The molecule has 2 rings (SSSR count). The number of aryl methyl sites for hydroxylation is 2. The number of carbonyl (C=O) groups is 3. The highest BCUT2D eigenvalue weighted by Gasteiger charge is 2.36. The molecule has 2 atom stereocenters. The summed E-state index contributed by atoms with van der Waals surface area (Å²) in [5, 5.41) is 5.78. The quantitative estimate of drug-likeness (QED) is 0.310. The Kier molecular flexibility index (Phi) is 12.0. The highest BCUT2D eigenvalue weighted by Crippen LogP contribution is 2.28. The Hall–Kier alpha value is -3.55. The van der Waals surface area contributed by atoms with Gasteiger partial charge in [-0.1, -0.05) is 45.4 Å². The zero-order chi connectivity index (χ0) is 30.0. The molecule has 0 saturated carbocycles. The molecule has 2 aromatic carbocycles. The van der Waals surface area contributed by atoms with Crippen LogP contribution in [0.25, 0.3) is 0 Å². The van der Waals surface area contributed by atoms with Crippen LogP contribution >= 0.6 is 0 Å². The van der Waals surface area contributed by atoms with Crippen LogP contribution in [0.2, 0.25) is 0 Å². The van der Waals surface area contributed by atoms with Gasteiger partial charge in [0.1, 0.15) is 23.4 Å². The summed E-state index contributed by atoms with van der Waals surface area (Å²) in [6.45, 7) is 15.7. The lowest BCUT2D eigenvalue weighted by Crippen LogP contribution is -2.53. The van der Waals surface area contributed by atoms with Crippen LogP contribution in [0.5, 0.6) is 5.75 Å². The van der Waals surface area contributed by atoms with Crippen LogP contribution in [0.1, 0.15) is 83.5 Å². The molecule has 0 aliphatic heterocycles. The van der Waals surface area contributed by atoms with E-state index in [-0.39, 0.29) is 17.7 Å². The van der Waals surface area contributed by atoms with E-state index in [1.54, 1.807) is 57.0 Å². The van der Waals surface area contributed by atoms with Crippen LogP contribution in [-0.2, 0) is 14.3 Å². The maximum absolute atomic E-state index is 14.3. The third-order valence-electron chi connectivity index (χ3n) is 6.50. The minimum absolute atomic E-state index is 0.116. The molecule has 0 aliphatic rings. The maximum atomic E-state index is 14.3. The first-order valence-corrected chi connectivity index (χ1v) is 14.1. The summed E-state index contributed by atoms with van der Waals surface area (Å²) in [6, 6.07) is 11.1. The Labute approximate surface area is 239 Å². The Morgan fingerprint density at radius 1 is 0.975 bits per heavy atom. The van der Waals surface area contributed by atoms with Crippen LogP contribution in [0, 0.1) is 19.8 Å². The molecule has 8 heteroatoms. The molecule has 0 bridgehead atoms. The van der Waals surface area contributed by atoms with Gasteiger partial charge in [0.25, 0.3) is 5.91 Å². The summed E-state index contributed by atoms with van der Waals surface area (Å²) in [4.78, 5) is 42.6. The summed E-state index contributed by atoms with van der Waals surface area (Å²) in [5.41, 5.74) is 2.70. The molecule has 2 N–H and O–H groups in total. The van der Waals surface area contributed by atoms with Crippen molar-refractivity contribution >= 4 is 23.6 Å². The monoisotopic (exact) mass is 553 g/mol. The molecule has 3 amide bonds. The van der Waals surface area contributed by atoms with Gasteiger partial charge in [0.2, 0.25) is 5.91 Å². The minimum Gasteiger partial charge on any atom is -0.497 e. The van der Waals surface area contributed by atoms with Gasteiger partial charge in [-0.3, -0.25) is 9.59 Å². The molecule has 2 aromatic rings. The lowest BCUT2D eigenvalue weighted by molar-refractivity contribution is -0.141. The molecule has 0 radical (unpaired) electrons. The van der Waals surface area contributed by atoms with E-state index in [1.165, 1.54) is 0 Å². The van der Waals surface area contributed by atoms with Crippen molar-refractivity contribution in [3.8, 4) is 5.75 Å². The Bertz CT molecular complexity index is 1140. The summed E-state index contributed by atoms with van der Waals surface area (Å²) in [7, 11) is 1.58. The van der Waals surface area contributed by atoms with Gasteiger partial charge >= 0.3 is 6.09 Å². The van der Waals surface area contributed by atoms with Crippen molar-refractivity contribution < 1.29 is 23.9 Å². The molecular weight excluding hydrogens is 506 g/mol. The van der Waals surface area contributed by atoms with Crippen molar-refractivity contribution in [1.29, 1.82) is 0 Å². The molecule has 8 nitrogen and oxygen atoms in total. The smallest absolute Gasteiger partial charge is 0.408 e. The number of methoxy groups -OCH3 is 1. The summed E-state index contributed by atoms with van der Waals surface area (Å²) < 4.78 is 10.7. The second-order valence-electron chi connectivity index (χ2n) is 11.7. The molecule has 0 heterocycles. The third kappa shape index (κ3) is 9.88. The molecule has 0 aliphatic carbocycles. The van der Waals surface area contributed by atoms with Crippen LogP contribution in [0.3, 0.4) is 0 Å². The first-order valence-electron chi connectivity index (χ1n) is 14.1. The van der Waals surface area contributed by atoms with E-state index in [1.807, 2.05) is 52.8 Å². The second kappa shape index (κ2) is 14.7. The van der Waals surface area contributed by atoms with E-state index in [9.17, 15) is 14.4 Å². The number of nitrogens with zero attached hydrogens (tertiary/aromatic N) is 1. The predicted molar refractivity (Wildman–Crippen MR) is 160 cm³/mol. The number of alkyl carbamates (subject to hydrolysis) is 1. The molecule has 0 spiro atoms. The number of rotatable bonds is 12. The fourth-order valence-corrected chi connectivity index (χ4v) is 4.33. The van der Waals surface area contributed by atoms with E-state index in [4.69, 9.17) is 9.47 Å². The summed E-state index contributed by atoms with van der Waals surface area (Å²) in [6.07, 6.45) is 1.27. The molecule has 0 aromatic heterocycles. The number of anilines is 1. The van der Waals surface area contributed by atoms with E-state index < -0.39 is 23.8 Å². The Morgan fingerprint density at radius 3 is 2.15 bits per heavy atom. The van der Waals surface area contributed by atoms with Crippen molar-refractivity contribution in [2.24, 2.45) is 5.92 Å². The van der Waals surface area contributed by atoms with Crippen molar-refractivity contribution in [2.75, 3.05) is 19.0 Å². The Morgan fingerprint density at radius 2 is 1.62 bits per heavy atom. The SMILES string of the molecule is CCCCN(C(=O)C(CC(C)C)NC(=O)OC(C)(C)C)C(C(=O)Nc1ccc(OC)cc1)c1ccc(C)c(C)c1. The van der Waals surface area contributed by atoms with E-state index in [0.29, 0.717) is 36.4 Å². The number of hydrogen-bond acceptors (Lipinski definition) is 5. The first-order chi connectivity index (χ1) is 18.7. The van der Waals surface area contributed by atoms with Gasteiger partial charge in [-0.15, -0.1) is 0 Å². The topological polar surface area (TPSA) is 97.0 Å². The predicted octanol–water partition coefficient (Wildman–Crippen LogP) is 6.56. The molecule has 40 heavy (non-hydrogen) atoms. The van der Waals surface area contributed by atoms with Crippen LogP contribution in [-0.4, -0.2) is 48.1 Å². The van der Waals surface area contributed by atoms with Crippen molar-refractivity contribution in [2.45, 2.75) is 92.3 Å². The van der Waals surface area contributed by atoms with Crippen LogP contribution in [0.4, 0.5) is 10.5 Å². The van der Waals surface area contributed by atoms with Gasteiger partial charge in [0.05, 0.1) is 7.11 Å². The van der Waals surface area contributed by atoms with Crippen molar-refractivity contribution in [3.63, 3.8) is 0 Å². The minimum atomic E-state index is -0.907. The van der Waals surface area contributed by atoms with Gasteiger partial charge in [0, 0.05) is 12.2 Å². The normalized spacial score (nSPS) is 12.8. The van der Waals surface area contributed by atoms with Gasteiger partial charge in [-0.2, -0.15) is 0 Å². The van der Waals surface area contributed by atoms with E-state index >= 15 is 0 Å². The van der Waals surface area contributed by atoms with Gasteiger partial charge in [-0.25, -0.2) is 4.79 Å². The Balaban J connectivity index is 2.54. The highest BCUT2D eigenvalue weighted by molar-refractivity contribution is 5.99. The second-order valence-corrected chi connectivity index (χ2v) is 11.7. The molecular formula is C32H47N3O5. The molecule has 0 fully saturated rings. The largest absolute Gasteiger partial charge is 0.497 e. The number of amides is 3. The molecule has 220 valence electrons. The molecule has 0 saturated heterocycles. The lowest BCUT2D eigenvalue weighted by atomic mass is 9.96. The lowest BCUT2D eigenvalue weighted by Gasteiger charge is -2.35. The molecule has 2 unspecified atom stereocenters. The van der Waals surface area contributed by atoms with E-state index in [2.05, 4.69) is 10.6 Å².